The van der Waals surface area contributed by atoms with Crippen LogP contribution in [-0.2, 0) is 9.47 Å². The number of unbranched alkanes of at least 4 members (excludes halogenated alkanes) is 26. The van der Waals surface area contributed by atoms with Gasteiger partial charge < -0.3 is 20.3 Å². The van der Waals surface area contributed by atoms with Crippen molar-refractivity contribution in [3.63, 3.8) is 0 Å². The van der Waals surface area contributed by atoms with E-state index in [4.69, 9.17) is 15.2 Å². The van der Waals surface area contributed by atoms with Gasteiger partial charge in [0.1, 0.15) is 6.10 Å². The fourth-order valence-corrected chi connectivity index (χ4v) is 6.16. The van der Waals surface area contributed by atoms with Crippen LogP contribution in [0.15, 0.2) is 0 Å². The molecule has 0 aromatic rings. The zero-order valence-electron chi connectivity index (χ0n) is 30.5. The van der Waals surface area contributed by atoms with Crippen molar-refractivity contribution < 1.29 is 14.6 Å². The fraction of sp³-hybridized carbons (Fsp3) is 1.00. The van der Waals surface area contributed by atoms with Gasteiger partial charge in [-0.05, 0) is 33.1 Å². The number of aliphatic hydroxyl groups is 1. The minimum atomic E-state index is -0.341. The molecule has 0 heterocycles. The molecule has 268 valence electrons. The first-order valence-electron chi connectivity index (χ1n) is 19.6. The molecule has 0 aromatic heterocycles. The maximum absolute atomic E-state index is 10.1. The molecule has 2 atom stereocenters. The van der Waals surface area contributed by atoms with Crippen LogP contribution in [0, 0.1) is 0 Å². The van der Waals surface area contributed by atoms with Crippen molar-refractivity contribution in [3.05, 3.63) is 0 Å². The van der Waals surface area contributed by atoms with Crippen LogP contribution in [0.25, 0.3) is 0 Å². The topological polar surface area (TPSA) is 64.7 Å². The van der Waals surface area contributed by atoms with Crippen molar-refractivity contribution in [1.82, 2.24) is 0 Å². The number of hydrogen-bond acceptors (Lipinski definition) is 4. The maximum atomic E-state index is 10.1. The van der Waals surface area contributed by atoms with Gasteiger partial charge in [-0.1, -0.05) is 181 Å². The van der Waals surface area contributed by atoms with Crippen molar-refractivity contribution in [2.45, 2.75) is 232 Å². The lowest BCUT2D eigenvalue weighted by atomic mass is 9.95. The summed E-state index contributed by atoms with van der Waals surface area (Å²) in [5, 5.41) is 10.1. The largest absolute Gasteiger partial charge is 0.394 e. The number of ether oxygens (including phenoxy) is 2. The summed E-state index contributed by atoms with van der Waals surface area (Å²) >= 11 is 0. The molecule has 0 rings (SSSR count). The summed E-state index contributed by atoms with van der Waals surface area (Å²) in [6.07, 6.45) is 38.3. The second-order valence-electron chi connectivity index (χ2n) is 14.4. The average molecular weight is 693 g/mol. The Balaban J connectivity index is 0. The lowest BCUT2D eigenvalue weighted by Crippen LogP contribution is -2.44. The summed E-state index contributed by atoms with van der Waals surface area (Å²) in [5.74, 6) is 0. The summed E-state index contributed by atoms with van der Waals surface area (Å²) in [6.45, 7) is 10.1. The van der Waals surface area contributed by atoms with Gasteiger partial charge in [-0.15, -0.1) is 17.0 Å². The molecule has 0 amide bonds. The van der Waals surface area contributed by atoms with E-state index < -0.39 is 0 Å². The summed E-state index contributed by atoms with van der Waals surface area (Å²) in [4.78, 5) is 0. The monoisotopic (exact) mass is 692 g/mol. The molecule has 0 saturated heterocycles. The van der Waals surface area contributed by atoms with E-state index in [1.165, 1.54) is 167 Å². The molecular formula is C39H82BrNO3. The van der Waals surface area contributed by atoms with E-state index in [2.05, 4.69) is 13.8 Å². The van der Waals surface area contributed by atoms with Crippen LogP contribution in [0.2, 0.25) is 0 Å². The number of rotatable bonds is 36. The Labute approximate surface area is 287 Å². The summed E-state index contributed by atoms with van der Waals surface area (Å²) < 4.78 is 12.4. The first-order valence-corrected chi connectivity index (χ1v) is 19.6. The van der Waals surface area contributed by atoms with Gasteiger partial charge in [-0.3, -0.25) is 0 Å². The van der Waals surface area contributed by atoms with Gasteiger partial charge in [0.05, 0.1) is 12.7 Å². The summed E-state index contributed by atoms with van der Waals surface area (Å²) in [5.41, 5.74) is 6.01. The Hall–Kier alpha value is 0.320. The van der Waals surface area contributed by atoms with Crippen molar-refractivity contribution >= 4 is 17.0 Å². The molecule has 5 heteroatoms. The molecule has 3 N–H and O–H groups in total. The van der Waals surface area contributed by atoms with Gasteiger partial charge >= 0.3 is 0 Å². The molecule has 0 spiro atoms. The van der Waals surface area contributed by atoms with Gasteiger partial charge in [-0.2, -0.15) is 0 Å². The molecule has 0 aliphatic rings. The van der Waals surface area contributed by atoms with Crippen LogP contribution < -0.4 is 5.73 Å². The smallest absolute Gasteiger partial charge is 0.107 e. The molecule has 0 fully saturated rings. The van der Waals surface area contributed by atoms with E-state index in [0.717, 1.165) is 19.4 Å². The first-order chi connectivity index (χ1) is 20.9. The number of hydrogen-bond donors (Lipinski definition) is 2. The minimum Gasteiger partial charge on any atom is -0.394 e. The highest BCUT2D eigenvalue weighted by Crippen LogP contribution is 2.19. The van der Waals surface area contributed by atoms with E-state index in [0.29, 0.717) is 13.0 Å². The van der Waals surface area contributed by atoms with Crippen molar-refractivity contribution in [3.8, 4) is 0 Å². The second kappa shape index (κ2) is 36.2. The van der Waals surface area contributed by atoms with Crippen LogP contribution in [0.1, 0.15) is 214 Å². The van der Waals surface area contributed by atoms with Crippen LogP contribution in [-0.4, -0.2) is 42.7 Å². The normalized spacial score (nSPS) is 13.2. The highest BCUT2D eigenvalue weighted by molar-refractivity contribution is 8.93. The molecule has 0 radical (unpaired) electrons. The quantitative estimate of drug-likeness (QED) is 0.0642. The van der Waals surface area contributed by atoms with E-state index in [1.54, 1.807) is 0 Å². The Morgan fingerprint density at radius 1 is 0.455 bits per heavy atom. The summed E-state index contributed by atoms with van der Waals surface area (Å²) in [7, 11) is 0. The molecule has 0 aliphatic carbocycles. The lowest BCUT2D eigenvalue weighted by Gasteiger charge is -2.31. The Morgan fingerprint density at radius 3 is 0.955 bits per heavy atom. The fourth-order valence-electron chi connectivity index (χ4n) is 6.16. The zero-order chi connectivity index (χ0) is 31.7. The maximum Gasteiger partial charge on any atom is 0.107 e. The number of aliphatic hydroxyl groups excluding tert-OH is 1. The predicted octanol–water partition coefficient (Wildman–Crippen LogP) is 12.4. The molecule has 0 saturated carbocycles. The highest BCUT2D eigenvalue weighted by atomic mass is 79.9. The van der Waals surface area contributed by atoms with Crippen LogP contribution >= 0.6 is 17.0 Å². The van der Waals surface area contributed by atoms with E-state index in [1.807, 2.05) is 13.8 Å². The summed E-state index contributed by atoms with van der Waals surface area (Å²) in [6, 6.07) is 0. The van der Waals surface area contributed by atoms with Crippen molar-refractivity contribution in [1.29, 1.82) is 0 Å². The third-order valence-corrected chi connectivity index (χ3v) is 8.98. The Bertz CT molecular complexity index is 528. The minimum absolute atomic E-state index is 0. The lowest BCUT2D eigenvalue weighted by molar-refractivity contribution is -0.101. The standard InChI is InChI=1S/C39H81NO3.BrH/c1-5-7-9-11-13-15-17-19-21-23-25-27-29-31-33-42-37(35-39(3,4)40)38(36-41)43-34-32-30-28-26-24-22-20-18-16-14-12-10-8-6-2;/h37-38,41H,5-36,40H2,1-4H3;1H. The van der Waals surface area contributed by atoms with E-state index in [-0.39, 0.29) is 41.3 Å². The van der Waals surface area contributed by atoms with Gasteiger partial charge in [0.15, 0.2) is 0 Å². The SMILES string of the molecule is Br.CCCCCCCCCCCCCCCCOC(CO)C(CC(C)(C)N)OCCCCCCCCCCCCCCCC. The molecule has 0 aliphatic heterocycles. The van der Waals surface area contributed by atoms with Crippen molar-refractivity contribution in [2.24, 2.45) is 5.73 Å². The van der Waals surface area contributed by atoms with Gasteiger partial charge in [0.25, 0.3) is 0 Å². The van der Waals surface area contributed by atoms with Crippen LogP contribution in [0.5, 0.6) is 0 Å². The molecule has 0 bridgehead atoms. The molecule has 4 nitrogen and oxygen atoms in total. The third-order valence-electron chi connectivity index (χ3n) is 8.98. The van der Waals surface area contributed by atoms with E-state index >= 15 is 0 Å². The Kier molecular flexibility index (Phi) is 38.2. The molecule has 44 heavy (non-hydrogen) atoms. The highest BCUT2D eigenvalue weighted by Gasteiger charge is 2.28. The first kappa shape index (κ1) is 46.4. The van der Waals surface area contributed by atoms with Crippen molar-refractivity contribution in [2.75, 3.05) is 19.8 Å². The average Bonchev–Trinajstić information content (AvgIpc) is 2.98. The third kappa shape index (κ3) is 35.2. The number of halogens is 1. The second-order valence-corrected chi connectivity index (χ2v) is 14.4. The molecular weight excluding hydrogens is 610 g/mol. The molecule has 0 aromatic carbocycles. The van der Waals surface area contributed by atoms with Gasteiger partial charge in [0, 0.05) is 18.8 Å². The van der Waals surface area contributed by atoms with Gasteiger partial charge in [0.2, 0.25) is 0 Å². The van der Waals surface area contributed by atoms with Crippen LogP contribution in [0.3, 0.4) is 0 Å². The predicted molar refractivity (Wildman–Crippen MR) is 200 cm³/mol. The van der Waals surface area contributed by atoms with E-state index in [9.17, 15) is 5.11 Å². The molecule has 2 unspecified atom stereocenters. The zero-order valence-corrected chi connectivity index (χ0v) is 32.2. The van der Waals surface area contributed by atoms with Crippen LogP contribution in [0.4, 0.5) is 0 Å². The Morgan fingerprint density at radius 2 is 0.705 bits per heavy atom. The number of nitrogens with two attached hydrogens (primary N) is 1. The van der Waals surface area contributed by atoms with Gasteiger partial charge in [-0.25, -0.2) is 0 Å².